The number of rotatable bonds is 9. The molecule has 0 aromatic rings. The molecule has 0 fully saturated rings. The Bertz CT molecular complexity index is 297. The van der Waals surface area contributed by atoms with Gasteiger partial charge in [0.25, 0.3) is 0 Å². The molecule has 0 aliphatic rings. The summed E-state index contributed by atoms with van der Waals surface area (Å²) < 4.78 is 0. The zero-order valence-electron chi connectivity index (χ0n) is 12.7. The number of carbonyl (C=O) groups excluding carboxylic acids is 1. The van der Waals surface area contributed by atoms with Crippen molar-refractivity contribution in [2.24, 2.45) is 16.3 Å². The van der Waals surface area contributed by atoms with Crippen molar-refractivity contribution in [1.82, 2.24) is 5.32 Å². The van der Waals surface area contributed by atoms with Crippen LogP contribution in [0.5, 0.6) is 0 Å². The van der Waals surface area contributed by atoms with E-state index in [2.05, 4.69) is 17.4 Å². The van der Waals surface area contributed by atoms with Gasteiger partial charge in [0.2, 0.25) is 5.91 Å². The van der Waals surface area contributed by atoms with E-state index in [0.717, 1.165) is 25.7 Å². The van der Waals surface area contributed by atoms with Gasteiger partial charge in [0.05, 0.1) is 0 Å². The van der Waals surface area contributed by atoms with Gasteiger partial charge in [-0.15, -0.1) is 0 Å². The van der Waals surface area contributed by atoms with Crippen LogP contribution in [0.4, 0.5) is 0 Å². The molecule has 1 unspecified atom stereocenters. The first kappa shape index (κ1) is 17.7. The van der Waals surface area contributed by atoms with Crippen LogP contribution in [-0.4, -0.2) is 23.0 Å². The molecule has 4 N–H and O–H groups in total. The van der Waals surface area contributed by atoms with Crippen LogP contribution in [0.3, 0.4) is 0 Å². The molecule has 1 atom stereocenters. The number of nitrogens with two attached hydrogens (primary N) is 1. The number of oxime groups is 1. The number of amides is 1. The fourth-order valence-corrected chi connectivity index (χ4v) is 2.54. The van der Waals surface area contributed by atoms with Gasteiger partial charge in [0.15, 0.2) is 5.84 Å². The second kappa shape index (κ2) is 8.77. The second-order valence-corrected chi connectivity index (χ2v) is 5.23. The van der Waals surface area contributed by atoms with Crippen LogP contribution in [0.25, 0.3) is 0 Å². The SMILES string of the molecule is CCCC(C)NC(=O)C(CCC)(CCC)C(N)=NO. The molecule has 5 heteroatoms. The summed E-state index contributed by atoms with van der Waals surface area (Å²) in [7, 11) is 0. The summed E-state index contributed by atoms with van der Waals surface area (Å²) in [5.41, 5.74) is 4.94. The van der Waals surface area contributed by atoms with Gasteiger partial charge >= 0.3 is 0 Å². The molecule has 0 aromatic heterocycles. The number of hydrogen-bond acceptors (Lipinski definition) is 3. The zero-order valence-corrected chi connectivity index (χ0v) is 12.7. The minimum Gasteiger partial charge on any atom is -0.409 e. The second-order valence-electron chi connectivity index (χ2n) is 5.23. The van der Waals surface area contributed by atoms with Gasteiger partial charge in [-0.3, -0.25) is 4.79 Å². The number of nitrogens with zero attached hydrogens (tertiary/aromatic N) is 1. The lowest BCUT2D eigenvalue weighted by atomic mass is 9.77. The number of nitrogens with one attached hydrogen (secondary N) is 1. The Labute approximate surface area is 116 Å². The predicted molar refractivity (Wildman–Crippen MR) is 78.2 cm³/mol. The lowest BCUT2D eigenvalue weighted by Crippen LogP contribution is -2.51. The summed E-state index contributed by atoms with van der Waals surface area (Å²) in [6.45, 7) is 8.06. The highest BCUT2D eigenvalue weighted by Gasteiger charge is 2.41. The van der Waals surface area contributed by atoms with Gasteiger partial charge in [-0.1, -0.05) is 45.2 Å². The lowest BCUT2D eigenvalue weighted by molar-refractivity contribution is -0.129. The van der Waals surface area contributed by atoms with Crippen molar-refractivity contribution < 1.29 is 10.0 Å². The van der Waals surface area contributed by atoms with Crippen LogP contribution in [0.1, 0.15) is 66.2 Å². The zero-order chi connectivity index (χ0) is 14.9. The van der Waals surface area contributed by atoms with Gasteiger partial charge in [0.1, 0.15) is 5.41 Å². The molecular formula is C14H29N3O2. The van der Waals surface area contributed by atoms with E-state index in [1.165, 1.54) is 0 Å². The Balaban J connectivity index is 5.14. The maximum Gasteiger partial charge on any atom is 0.234 e. The molecule has 0 spiro atoms. The van der Waals surface area contributed by atoms with Crippen LogP contribution < -0.4 is 11.1 Å². The first-order valence-corrected chi connectivity index (χ1v) is 7.27. The summed E-state index contributed by atoms with van der Waals surface area (Å²) in [6, 6.07) is 0.108. The van der Waals surface area contributed by atoms with Crippen molar-refractivity contribution in [3.05, 3.63) is 0 Å². The molecule has 0 aliphatic heterocycles. The van der Waals surface area contributed by atoms with Crippen molar-refractivity contribution in [1.29, 1.82) is 0 Å². The highest BCUT2D eigenvalue weighted by molar-refractivity contribution is 6.06. The monoisotopic (exact) mass is 271 g/mol. The van der Waals surface area contributed by atoms with E-state index >= 15 is 0 Å². The van der Waals surface area contributed by atoms with E-state index in [-0.39, 0.29) is 17.8 Å². The molecule has 19 heavy (non-hydrogen) atoms. The molecule has 0 aliphatic carbocycles. The minimum atomic E-state index is -0.875. The molecule has 0 saturated heterocycles. The maximum absolute atomic E-state index is 12.5. The van der Waals surface area contributed by atoms with Gasteiger partial charge in [-0.05, 0) is 26.2 Å². The number of carbonyl (C=O) groups is 1. The fraction of sp³-hybridized carbons (Fsp3) is 0.857. The molecule has 0 aromatic carbocycles. The standard InChI is InChI=1S/C14H29N3O2/c1-5-8-11(4)16-13(18)14(9-6-2,10-7-3)12(15)17-19/h11,19H,5-10H2,1-4H3,(H2,15,17)(H,16,18). The Hall–Kier alpha value is -1.26. The van der Waals surface area contributed by atoms with Crippen molar-refractivity contribution in [2.45, 2.75) is 72.3 Å². The molecule has 0 rings (SSSR count). The van der Waals surface area contributed by atoms with Crippen LogP contribution in [0.15, 0.2) is 5.16 Å². The maximum atomic E-state index is 12.5. The van der Waals surface area contributed by atoms with E-state index < -0.39 is 5.41 Å². The molecule has 0 heterocycles. The van der Waals surface area contributed by atoms with Crippen molar-refractivity contribution in [3.8, 4) is 0 Å². The highest BCUT2D eigenvalue weighted by Crippen LogP contribution is 2.31. The summed E-state index contributed by atoms with van der Waals surface area (Å²) >= 11 is 0. The molecule has 112 valence electrons. The summed E-state index contributed by atoms with van der Waals surface area (Å²) in [6.07, 6.45) is 4.76. The van der Waals surface area contributed by atoms with Crippen LogP contribution >= 0.6 is 0 Å². The van der Waals surface area contributed by atoms with Crippen LogP contribution in [-0.2, 0) is 4.79 Å². The van der Waals surface area contributed by atoms with E-state index in [1.807, 2.05) is 20.8 Å². The average molecular weight is 271 g/mol. The molecule has 5 nitrogen and oxygen atoms in total. The Morgan fingerprint density at radius 2 is 1.79 bits per heavy atom. The molecular weight excluding hydrogens is 242 g/mol. The Morgan fingerprint density at radius 1 is 1.26 bits per heavy atom. The third-order valence-electron chi connectivity index (χ3n) is 3.49. The van der Waals surface area contributed by atoms with Gasteiger partial charge in [0, 0.05) is 6.04 Å². The molecule has 0 saturated carbocycles. The van der Waals surface area contributed by atoms with Gasteiger partial charge in [-0.25, -0.2) is 0 Å². The quantitative estimate of drug-likeness (QED) is 0.261. The summed E-state index contributed by atoms with van der Waals surface area (Å²) in [4.78, 5) is 12.5. The van der Waals surface area contributed by atoms with Crippen molar-refractivity contribution in [2.75, 3.05) is 0 Å². The smallest absolute Gasteiger partial charge is 0.234 e. The minimum absolute atomic E-state index is 0.0254. The van der Waals surface area contributed by atoms with E-state index in [1.54, 1.807) is 0 Å². The topological polar surface area (TPSA) is 87.7 Å². The van der Waals surface area contributed by atoms with E-state index in [9.17, 15) is 4.79 Å². The Morgan fingerprint density at radius 3 is 2.16 bits per heavy atom. The number of amidine groups is 1. The largest absolute Gasteiger partial charge is 0.409 e. The first-order chi connectivity index (χ1) is 8.98. The van der Waals surface area contributed by atoms with Crippen molar-refractivity contribution in [3.63, 3.8) is 0 Å². The van der Waals surface area contributed by atoms with Crippen LogP contribution in [0, 0.1) is 5.41 Å². The third kappa shape index (κ3) is 4.73. The van der Waals surface area contributed by atoms with E-state index in [4.69, 9.17) is 10.9 Å². The lowest BCUT2D eigenvalue weighted by Gasteiger charge is -2.32. The molecule has 0 bridgehead atoms. The first-order valence-electron chi connectivity index (χ1n) is 7.27. The van der Waals surface area contributed by atoms with Crippen molar-refractivity contribution >= 4 is 11.7 Å². The Kier molecular flexibility index (Phi) is 8.19. The number of hydrogen-bond donors (Lipinski definition) is 3. The molecule has 0 radical (unpaired) electrons. The fourth-order valence-electron chi connectivity index (χ4n) is 2.54. The third-order valence-corrected chi connectivity index (χ3v) is 3.49. The summed E-state index contributed by atoms with van der Waals surface area (Å²) in [5, 5.41) is 15.1. The molecule has 1 amide bonds. The van der Waals surface area contributed by atoms with Gasteiger partial charge in [-0.2, -0.15) is 0 Å². The van der Waals surface area contributed by atoms with E-state index in [0.29, 0.717) is 12.8 Å². The summed E-state index contributed by atoms with van der Waals surface area (Å²) in [5.74, 6) is -0.0927. The predicted octanol–water partition coefficient (Wildman–Crippen LogP) is 2.62. The normalized spacial score (nSPS) is 14.2. The van der Waals surface area contributed by atoms with Crippen LogP contribution in [0.2, 0.25) is 0 Å². The highest BCUT2D eigenvalue weighted by atomic mass is 16.4. The average Bonchev–Trinajstić information content (AvgIpc) is 2.37. The van der Waals surface area contributed by atoms with Gasteiger partial charge < -0.3 is 16.3 Å².